The zero-order valence-electron chi connectivity index (χ0n) is 26.4. The van der Waals surface area contributed by atoms with Gasteiger partial charge in [0, 0.05) is 37.1 Å². The number of nitrogens with one attached hydrogen (secondary N) is 1. The van der Waals surface area contributed by atoms with Crippen molar-refractivity contribution in [2.45, 2.75) is 81.2 Å². The molecule has 0 aliphatic carbocycles. The summed E-state index contributed by atoms with van der Waals surface area (Å²) in [7, 11) is 0.724. The van der Waals surface area contributed by atoms with Crippen molar-refractivity contribution in [1.82, 2.24) is 5.32 Å². The van der Waals surface area contributed by atoms with E-state index in [2.05, 4.69) is 5.32 Å². The fourth-order valence-electron chi connectivity index (χ4n) is 4.19. The van der Waals surface area contributed by atoms with E-state index in [1.54, 1.807) is 34.0 Å². The fourth-order valence-corrected chi connectivity index (χ4v) is 6.36. The van der Waals surface area contributed by atoms with Crippen LogP contribution in [0.15, 0.2) is 58.1 Å². The number of rotatable bonds is 17. The molecule has 0 heterocycles. The van der Waals surface area contributed by atoms with Gasteiger partial charge in [0.25, 0.3) is 0 Å². The van der Waals surface area contributed by atoms with E-state index in [9.17, 15) is 9.36 Å². The molecule has 1 amide bonds. The summed E-state index contributed by atoms with van der Waals surface area (Å²) < 4.78 is 45.1. The van der Waals surface area contributed by atoms with E-state index in [0.717, 1.165) is 27.5 Å². The van der Waals surface area contributed by atoms with Crippen LogP contribution < -0.4 is 14.8 Å². The van der Waals surface area contributed by atoms with Crippen molar-refractivity contribution >= 4 is 37.1 Å². The lowest BCUT2D eigenvalue weighted by Gasteiger charge is -2.33. The van der Waals surface area contributed by atoms with Crippen LogP contribution in [0.3, 0.4) is 0 Å². The van der Waals surface area contributed by atoms with Crippen LogP contribution in [0.5, 0.6) is 11.5 Å². The number of alkyl carbamates (subject to hydrolysis) is 1. The summed E-state index contributed by atoms with van der Waals surface area (Å²) in [5.41, 5.74) is -0.687. The molecule has 0 aromatic heterocycles. The van der Waals surface area contributed by atoms with Crippen LogP contribution in [0.25, 0.3) is 0 Å². The lowest BCUT2D eigenvalue weighted by molar-refractivity contribution is 0.0467. The highest BCUT2D eigenvalue weighted by molar-refractivity contribution is 7.99. The molecule has 0 aliphatic heterocycles. The number of hydrogen-bond donors (Lipinski definition) is 1. The number of carbonyl (C=O) groups is 1. The molecule has 12 heteroatoms. The van der Waals surface area contributed by atoms with Gasteiger partial charge >= 0.3 is 13.7 Å². The second-order valence-electron chi connectivity index (χ2n) is 10.7. The van der Waals surface area contributed by atoms with Crippen molar-refractivity contribution in [3.63, 3.8) is 0 Å². The first-order chi connectivity index (χ1) is 20.3. The van der Waals surface area contributed by atoms with E-state index in [4.69, 9.17) is 39.6 Å². The van der Waals surface area contributed by atoms with Crippen molar-refractivity contribution in [2.24, 2.45) is 0 Å². The van der Waals surface area contributed by atoms with Gasteiger partial charge in [0.15, 0.2) is 6.79 Å². The molecule has 9 nitrogen and oxygen atoms in total. The van der Waals surface area contributed by atoms with Crippen molar-refractivity contribution < 1.29 is 37.4 Å². The van der Waals surface area contributed by atoms with Gasteiger partial charge in [0.2, 0.25) is 0 Å². The van der Waals surface area contributed by atoms with E-state index < -0.39 is 24.8 Å². The maximum Gasteiger partial charge on any atom is 0.408 e. The second-order valence-corrected chi connectivity index (χ2v) is 14.3. The fraction of sp³-hybridized carbons (Fsp3) is 0.516. The Hall–Kier alpha value is -2.20. The van der Waals surface area contributed by atoms with Crippen LogP contribution in [0.2, 0.25) is 5.02 Å². The number of ether oxygens (including phenoxy) is 4. The average molecular weight is 658 g/mol. The average Bonchev–Trinajstić information content (AvgIpc) is 2.94. The van der Waals surface area contributed by atoms with Gasteiger partial charge in [-0.2, -0.15) is 0 Å². The van der Waals surface area contributed by atoms with Gasteiger partial charge in [-0.25, -0.2) is 4.79 Å². The molecule has 43 heavy (non-hydrogen) atoms. The lowest BCUT2D eigenvalue weighted by atomic mass is 9.87. The Morgan fingerprint density at radius 3 is 2.33 bits per heavy atom. The number of halogens is 1. The van der Waals surface area contributed by atoms with Crippen LogP contribution in [0.4, 0.5) is 4.79 Å². The topological polar surface area (TPSA) is 102 Å². The van der Waals surface area contributed by atoms with Gasteiger partial charge < -0.3 is 33.3 Å². The van der Waals surface area contributed by atoms with Gasteiger partial charge in [-0.1, -0.05) is 48.8 Å². The Balaban J connectivity index is 2.35. The number of hydrogen-bond acceptors (Lipinski definition) is 9. The van der Waals surface area contributed by atoms with Gasteiger partial charge in [-0.3, -0.25) is 4.57 Å². The Morgan fingerprint density at radius 2 is 1.74 bits per heavy atom. The quantitative estimate of drug-likeness (QED) is 0.132. The van der Waals surface area contributed by atoms with Crippen LogP contribution in [-0.2, 0) is 29.5 Å². The first-order valence-electron chi connectivity index (χ1n) is 14.1. The van der Waals surface area contributed by atoms with Crippen molar-refractivity contribution in [3.05, 3.63) is 58.9 Å². The Bertz CT molecular complexity index is 1260. The molecule has 2 aromatic rings. The summed E-state index contributed by atoms with van der Waals surface area (Å²) in [6, 6.07) is 11.5. The van der Waals surface area contributed by atoms with Gasteiger partial charge in [0.05, 0.1) is 17.0 Å². The molecule has 0 saturated heterocycles. The normalized spacial score (nSPS) is 13.5. The summed E-state index contributed by atoms with van der Waals surface area (Å²) in [5.74, 6) is 2.80. The highest BCUT2D eigenvalue weighted by Crippen LogP contribution is 2.49. The number of aryl methyl sites for hydroxylation is 1. The van der Waals surface area contributed by atoms with Crippen LogP contribution in [-0.4, -0.2) is 52.0 Å². The third-order valence-corrected chi connectivity index (χ3v) is 9.09. The summed E-state index contributed by atoms with van der Waals surface area (Å²) in [4.78, 5) is 14.7. The zero-order valence-corrected chi connectivity index (χ0v) is 28.8. The van der Waals surface area contributed by atoms with Gasteiger partial charge in [-0.05, 0) is 82.9 Å². The standard InChI is InChI=1S/C31H45ClNO8PS/c1-9-16-31(18-19-42(35,37-7)38-8,33-29(34)41-30(3,4)5)17-15-23-11-13-25(21-26(23)32)43-28-20-24(39-10-2)12-14-27(28)40-22-36-6/h11-14,18-21H,9-10,15-17,22H2,1-8H3,(H,33,34)/b19-18+/t31-/m0/s1. The highest BCUT2D eigenvalue weighted by Gasteiger charge is 2.32. The maximum atomic E-state index is 12.9. The van der Waals surface area contributed by atoms with Crippen LogP contribution in [0, 0.1) is 0 Å². The predicted molar refractivity (Wildman–Crippen MR) is 172 cm³/mol. The molecule has 0 fully saturated rings. The molecule has 240 valence electrons. The van der Waals surface area contributed by atoms with E-state index >= 15 is 0 Å². The molecule has 2 aromatic carbocycles. The van der Waals surface area contributed by atoms with E-state index in [-0.39, 0.29) is 6.79 Å². The van der Waals surface area contributed by atoms with Crippen molar-refractivity contribution in [1.29, 1.82) is 0 Å². The van der Waals surface area contributed by atoms with E-state index in [0.29, 0.717) is 36.6 Å². The van der Waals surface area contributed by atoms with E-state index in [1.807, 2.05) is 50.2 Å². The largest absolute Gasteiger partial charge is 0.494 e. The van der Waals surface area contributed by atoms with Gasteiger partial charge in [0.1, 0.15) is 17.1 Å². The highest BCUT2D eigenvalue weighted by atomic mass is 35.5. The molecular formula is C31H45ClNO8PS. The molecular weight excluding hydrogens is 613 g/mol. The van der Waals surface area contributed by atoms with Crippen LogP contribution >= 0.6 is 31.0 Å². The minimum absolute atomic E-state index is 0.122. The van der Waals surface area contributed by atoms with Crippen LogP contribution in [0.1, 0.15) is 59.4 Å². The number of benzene rings is 2. The smallest absolute Gasteiger partial charge is 0.408 e. The first kappa shape index (κ1) is 37.0. The summed E-state index contributed by atoms with van der Waals surface area (Å²) in [5, 5.41) is 3.60. The van der Waals surface area contributed by atoms with E-state index in [1.165, 1.54) is 31.8 Å². The Labute approximate surface area is 265 Å². The molecule has 0 bridgehead atoms. The molecule has 0 spiro atoms. The lowest BCUT2D eigenvalue weighted by Crippen LogP contribution is -2.49. The third-order valence-electron chi connectivity index (χ3n) is 6.18. The summed E-state index contributed by atoms with van der Waals surface area (Å²) >= 11 is 8.29. The predicted octanol–water partition coefficient (Wildman–Crippen LogP) is 8.87. The van der Waals surface area contributed by atoms with Gasteiger partial charge in [-0.15, -0.1) is 0 Å². The minimum Gasteiger partial charge on any atom is -0.494 e. The second kappa shape index (κ2) is 17.3. The molecule has 0 aliphatic rings. The van der Waals surface area contributed by atoms with Crippen molar-refractivity contribution in [2.75, 3.05) is 34.7 Å². The molecule has 2 rings (SSSR count). The molecule has 1 N–H and O–H groups in total. The summed E-state index contributed by atoms with van der Waals surface area (Å²) in [6.45, 7) is 10.0. The number of methoxy groups -OCH3 is 1. The maximum absolute atomic E-state index is 12.9. The number of amides is 1. The SMILES string of the molecule is CCC[C@@](/C=C/P(=O)(OC)OC)(CCc1ccc(Sc2cc(OCC)ccc2OCOC)cc1Cl)NC(=O)OC(C)(C)C. The molecule has 0 unspecified atom stereocenters. The zero-order chi connectivity index (χ0) is 32.1. The Kier molecular flexibility index (Phi) is 14.9. The monoisotopic (exact) mass is 657 g/mol. The summed E-state index contributed by atoms with van der Waals surface area (Å²) in [6.07, 6.45) is 3.40. The Morgan fingerprint density at radius 1 is 1.02 bits per heavy atom. The minimum atomic E-state index is -3.48. The molecule has 0 saturated carbocycles. The first-order valence-corrected chi connectivity index (χ1v) is 16.9. The van der Waals surface area contributed by atoms with Crippen molar-refractivity contribution in [3.8, 4) is 11.5 Å². The third kappa shape index (κ3) is 12.4. The molecule has 1 atom stereocenters. The molecule has 0 radical (unpaired) electrons. The number of carbonyl (C=O) groups excluding carboxylic acids is 1.